The van der Waals surface area contributed by atoms with Crippen LogP contribution in [0.25, 0.3) is 15.5 Å². The van der Waals surface area contributed by atoms with Crippen LogP contribution in [0.5, 0.6) is 0 Å². The zero-order chi connectivity index (χ0) is 23.7. The molecule has 34 heavy (non-hydrogen) atoms. The molecule has 1 aliphatic heterocycles. The van der Waals surface area contributed by atoms with Crippen LogP contribution in [0.2, 0.25) is 0 Å². The van der Waals surface area contributed by atoms with Crippen LogP contribution >= 0.6 is 11.3 Å². The molecule has 0 bridgehead atoms. The molecule has 1 aliphatic rings. The van der Waals surface area contributed by atoms with Crippen molar-refractivity contribution < 1.29 is 4.79 Å². The monoisotopic (exact) mass is 473 g/mol. The van der Waals surface area contributed by atoms with E-state index in [1.165, 1.54) is 21.4 Å². The lowest BCUT2D eigenvalue weighted by Crippen LogP contribution is -2.48. The molecule has 5 rings (SSSR count). The van der Waals surface area contributed by atoms with Gasteiger partial charge >= 0.3 is 0 Å². The predicted octanol–water partition coefficient (Wildman–Crippen LogP) is 3.90. The number of aromatic nitrogens is 3. The quantitative estimate of drug-likeness (QED) is 0.440. The number of carbonyl (C=O) groups excluding carboxylic acids is 1. The molecule has 0 unspecified atom stereocenters. The van der Waals surface area contributed by atoms with Gasteiger partial charge in [-0.15, -0.1) is 0 Å². The molecule has 3 heterocycles. The summed E-state index contributed by atoms with van der Waals surface area (Å²) in [5.41, 5.74) is 3.50. The summed E-state index contributed by atoms with van der Waals surface area (Å²) in [6.45, 7) is 7.68. The average molecular weight is 474 g/mol. The summed E-state index contributed by atoms with van der Waals surface area (Å²) in [6, 6.07) is 19.3. The average Bonchev–Trinajstić information content (AvgIpc) is 3.30. The lowest BCUT2D eigenvalue weighted by molar-refractivity contribution is 0.0627. The summed E-state index contributed by atoms with van der Waals surface area (Å²) >= 11 is 1.41. The van der Waals surface area contributed by atoms with Gasteiger partial charge in [0.1, 0.15) is 5.01 Å². The lowest BCUT2D eigenvalue weighted by Gasteiger charge is -2.34. The Kier molecular flexibility index (Phi) is 6.26. The molecule has 0 radical (unpaired) electrons. The molecule has 2 aromatic carbocycles. The molecule has 0 aliphatic carbocycles. The van der Waals surface area contributed by atoms with Crippen molar-refractivity contribution in [2.45, 2.75) is 26.3 Å². The van der Waals surface area contributed by atoms with Crippen LogP contribution in [0.1, 0.15) is 41.4 Å². The van der Waals surface area contributed by atoms with Crippen LogP contribution < -0.4 is 5.56 Å². The minimum absolute atomic E-state index is 0.0749. The number of fused-ring (bicyclic) bond motifs is 1. The Morgan fingerprint density at radius 1 is 1.00 bits per heavy atom. The molecule has 8 heteroatoms. The second-order valence-corrected chi connectivity index (χ2v) is 9.85. The standard InChI is InChI=1S/C26H27N5O2S/c1-18(2)19-8-10-21(11-9-19)25(33)30-14-12-29(13-15-30)17-22-16-23(32)31-26(27-22)34-24(28-31)20-6-4-3-5-7-20/h3-11,16,18H,12-15,17H2,1-2H3. The summed E-state index contributed by atoms with van der Waals surface area (Å²) in [5, 5.41) is 5.22. The molecular formula is C26H27N5O2S. The van der Waals surface area contributed by atoms with Gasteiger partial charge in [0, 0.05) is 49.9 Å². The first-order valence-electron chi connectivity index (χ1n) is 11.5. The molecule has 0 spiro atoms. The fourth-order valence-corrected chi connectivity index (χ4v) is 5.10. The Morgan fingerprint density at radius 2 is 1.71 bits per heavy atom. The van der Waals surface area contributed by atoms with Crippen LogP contribution in [0.3, 0.4) is 0 Å². The number of carbonyl (C=O) groups is 1. The Labute approximate surface area is 202 Å². The van der Waals surface area contributed by atoms with Crippen LogP contribution in [0.4, 0.5) is 0 Å². The third-order valence-corrected chi connectivity index (χ3v) is 7.15. The first-order valence-corrected chi connectivity index (χ1v) is 12.4. The van der Waals surface area contributed by atoms with E-state index in [0.717, 1.165) is 34.9 Å². The van der Waals surface area contributed by atoms with E-state index in [1.54, 1.807) is 6.07 Å². The van der Waals surface area contributed by atoms with Crippen molar-refractivity contribution in [1.29, 1.82) is 0 Å². The van der Waals surface area contributed by atoms with Crippen molar-refractivity contribution in [2.24, 2.45) is 0 Å². The van der Waals surface area contributed by atoms with E-state index in [1.807, 2.05) is 59.5 Å². The molecule has 1 fully saturated rings. The van der Waals surface area contributed by atoms with Gasteiger partial charge < -0.3 is 4.90 Å². The van der Waals surface area contributed by atoms with Gasteiger partial charge in [0.2, 0.25) is 4.96 Å². The highest BCUT2D eigenvalue weighted by Gasteiger charge is 2.23. The lowest BCUT2D eigenvalue weighted by atomic mass is 10.0. The van der Waals surface area contributed by atoms with E-state index in [-0.39, 0.29) is 11.5 Å². The Morgan fingerprint density at radius 3 is 2.38 bits per heavy atom. The zero-order valence-electron chi connectivity index (χ0n) is 19.3. The summed E-state index contributed by atoms with van der Waals surface area (Å²) in [7, 11) is 0. The van der Waals surface area contributed by atoms with Gasteiger partial charge in [0.15, 0.2) is 0 Å². The van der Waals surface area contributed by atoms with Crippen molar-refractivity contribution in [3.63, 3.8) is 0 Å². The van der Waals surface area contributed by atoms with Crippen LogP contribution in [-0.4, -0.2) is 56.5 Å². The summed E-state index contributed by atoms with van der Waals surface area (Å²) < 4.78 is 1.37. The van der Waals surface area contributed by atoms with Crippen molar-refractivity contribution in [3.05, 3.63) is 87.8 Å². The minimum atomic E-state index is -0.169. The summed E-state index contributed by atoms with van der Waals surface area (Å²) in [5.74, 6) is 0.522. The number of hydrogen-bond donors (Lipinski definition) is 0. The highest BCUT2D eigenvalue weighted by molar-refractivity contribution is 7.19. The number of hydrogen-bond acceptors (Lipinski definition) is 6. The molecule has 4 aromatic rings. The van der Waals surface area contributed by atoms with Gasteiger partial charge in [0.05, 0.1) is 5.69 Å². The van der Waals surface area contributed by atoms with Gasteiger partial charge in [-0.2, -0.15) is 9.61 Å². The van der Waals surface area contributed by atoms with Crippen molar-refractivity contribution in [2.75, 3.05) is 26.2 Å². The normalized spacial score (nSPS) is 14.7. The third-order valence-electron chi connectivity index (χ3n) is 6.19. The van der Waals surface area contributed by atoms with Gasteiger partial charge in [-0.05, 0) is 23.6 Å². The highest BCUT2D eigenvalue weighted by Crippen LogP contribution is 2.24. The van der Waals surface area contributed by atoms with Gasteiger partial charge in [0.25, 0.3) is 11.5 Å². The number of piperazine rings is 1. The zero-order valence-corrected chi connectivity index (χ0v) is 20.2. The molecule has 2 aromatic heterocycles. The first kappa shape index (κ1) is 22.4. The maximum Gasteiger partial charge on any atom is 0.275 e. The van der Waals surface area contributed by atoms with Crippen LogP contribution in [-0.2, 0) is 6.54 Å². The Hall–Kier alpha value is -3.36. The molecular weight excluding hydrogens is 446 g/mol. The van der Waals surface area contributed by atoms with Gasteiger partial charge in [-0.25, -0.2) is 4.98 Å². The molecule has 1 amide bonds. The number of benzene rings is 2. The number of nitrogens with zero attached hydrogens (tertiary/aromatic N) is 5. The molecule has 174 valence electrons. The minimum Gasteiger partial charge on any atom is -0.336 e. The second kappa shape index (κ2) is 9.48. The van der Waals surface area contributed by atoms with E-state index < -0.39 is 0 Å². The Balaban J connectivity index is 1.24. The topological polar surface area (TPSA) is 70.8 Å². The molecule has 7 nitrogen and oxygen atoms in total. The van der Waals surface area contributed by atoms with Crippen molar-refractivity contribution in [1.82, 2.24) is 24.4 Å². The SMILES string of the molecule is CC(C)c1ccc(C(=O)N2CCN(Cc3cc(=O)n4nc(-c5ccccc5)sc4n3)CC2)cc1. The van der Waals surface area contributed by atoms with Crippen molar-refractivity contribution in [3.8, 4) is 10.6 Å². The Bertz CT molecular complexity index is 1350. The van der Waals surface area contributed by atoms with Crippen LogP contribution in [0.15, 0.2) is 65.5 Å². The van der Waals surface area contributed by atoms with E-state index >= 15 is 0 Å². The summed E-state index contributed by atoms with van der Waals surface area (Å²) in [4.78, 5) is 35.0. The van der Waals surface area contributed by atoms with Crippen LogP contribution in [0, 0.1) is 0 Å². The van der Waals surface area contributed by atoms with E-state index in [4.69, 9.17) is 4.98 Å². The number of rotatable bonds is 5. The molecule has 0 saturated carbocycles. The fourth-order valence-electron chi connectivity index (χ4n) is 4.17. The maximum atomic E-state index is 12.9. The fraction of sp³-hybridized carbons (Fsp3) is 0.308. The van der Waals surface area contributed by atoms with E-state index in [0.29, 0.717) is 30.5 Å². The molecule has 0 N–H and O–H groups in total. The van der Waals surface area contributed by atoms with Crippen molar-refractivity contribution >= 4 is 22.2 Å². The predicted molar refractivity (Wildman–Crippen MR) is 134 cm³/mol. The van der Waals surface area contributed by atoms with E-state index in [2.05, 4.69) is 23.8 Å². The largest absolute Gasteiger partial charge is 0.336 e. The first-order chi connectivity index (χ1) is 16.5. The molecule has 0 atom stereocenters. The third kappa shape index (κ3) is 4.64. The maximum absolute atomic E-state index is 12.9. The molecule has 1 saturated heterocycles. The van der Waals surface area contributed by atoms with E-state index in [9.17, 15) is 9.59 Å². The number of amides is 1. The summed E-state index contributed by atoms with van der Waals surface area (Å²) in [6.07, 6.45) is 0. The second-order valence-electron chi connectivity index (χ2n) is 8.90. The van der Waals surface area contributed by atoms with Gasteiger partial charge in [-0.1, -0.05) is 67.6 Å². The highest BCUT2D eigenvalue weighted by atomic mass is 32.1. The smallest absolute Gasteiger partial charge is 0.275 e. The van der Waals surface area contributed by atoms with Gasteiger partial charge in [-0.3, -0.25) is 14.5 Å².